The van der Waals surface area contributed by atoms with E-state index in [1.165, 1.54) is 11.9 Å². The van der Waals surface area contributed by atoms with Crippen LogP contribution in [0, 0.1) is 0 Å². The van der Waals surface area contributed by atoms with Crippen molar-refractivity contribution in [2.75, 3.05) is 13.1 Å². The van der Waals surface area contributed by atoms with Crippen LogP contribution < -0.4 is 10.6 Å². The van der Waals surface area contributed by atoms with Gasteiger partial charge in [-0.15, -0.1) is 0 Å². The molecule has 2 N–H and O–H groups in total. The highest BCUT2D eigenvalue weighted by Gasteiger charge is 2.06. The SMILES string of the molecule is CCNC(=NCc1ccc(-n2cncn2)cc1)NCC(C)c1ccccc1. The maximum Gasteiger partial charge on any atom is 0.191 e. The number of nitrogens with one attached hydrogen (secondary N) is 2. The molecule has 0 saturated carbocycles. The molecular formula is C21H26N6. The lowest BCUT2D eigenvalue weighted by Crippen LogP contribution is -2.39. The second-order valence-corrected chi connectivity index (χ2v) is 6.39. The number of nitrogens with zero attached hydrogens (tertiary/aromatic N) is 4. The quantitative estimate of drug-likeness (QED) is 0.501. The van der Waals surface area contributed by atoms with E-state index in [0.29, 0.717) is 12.5 Å². The van der Waals surface area contributed by atoms with Crippen molar-refractivity contribution in [1.82, 2.24) is 25.4 Å². The average Bonchev–Trinajstić information content (AvgIpc) is 3.26. The van der Waals surface area contributed by atoms with Crippen molar-refractivity contribution < 1.29 is 0 Å². The Labute approximate surface area is 160 Å². The van der Waals surface area contributed by atoms with Crippen molar-refractivity contribution in [2.24, 2.45) is 4.99 Å². The van der Waals surface area contributed by atoms with Gasteiger partial charge >= 0.3 is 0 Å². The van der Waals surface area contributed by atoms with Crippen LogP contribution in [0.25, 0.3) is 5.69 Å². The number of hydrogen-bond acceptors (Lipinski definition) is 3. The van der Waals surface area contributed by atoms with E-state index in [2.05, 4.69) is 71.0 Å². The van der Waals surface area contributed by atoms with E-state index in [0.717, 1.165) is 30.3 Å². The van der Waals surface area contributed by atoms with Crippen LogP contribution in [0.15, 0.2) is 72.2 Å². The predicted molar refractivity (Wildman–Crippen MR) is 109 cm³/mol. The normalized spacial score (nSPS) is 12.6. The van der Waals surface area contributed by atoms with Crippen molar-refractivity contribution in [3.63, 3.8) is 0 Å². The van der Waals surface area contributed by atoms with Gasteiger partial charge in [-0.05, 0) is 36.1 Å². The van der Waals surface area contributed by atoms with Crippen LogP contribution in [0.3, 0.4) is 0 Å². The Bertz CT molecular complexity index is 825. The van der Waals surface area contributed by atoms with Crippen LogP contribution in [0.1, 0.15) is 30.9 Å². The Morgan fingerprint density at radius 3 is 2.52 bits per heavy atom. The zero-order chi connectivity index (χ0) is 18.9. The molecule has 0 aliphatic heterocycles. The average molecular weight is 362 g/mol. The van der Waals surface area contributed by atoms with Gasteiger partial charge < -0.3 is 10.6 Å². The molecule has 0 radical (unpaired) electrons. The lowest BCUT2D eigenvalue weighted by Gasteiger charge is -2.16. The van der Waals surface area contributed by atoms with Gasteiger partial charge in [0.1, 0.15) is 12.7 Å². The van der Waals surface area contributed by atoms with Gasteiger partial charge in [0, 0.05) is 13.1 Å². The van der Waals surface area contributed by atoms with E-state index in [1.54, 1.807) is 11.0 Å². The zero-order valence-electron chi connectivity index (χ0n) is 15.8. The minimum Gasteiger partial charge on any atom is -0.357 e. The van der Waals surface area contributed by atoms with Crippen LogP contribution in [0.4, 0.5) is 0 Å². The third-order valence-corrected chi connectivity index (χ3v) is 4.33. The maximum atomic E-state index is 4.70. The summed E-state index contributed by atoms with van der Waals surface area (Å²) in [5.41, 5.74) is 3.46. The molecule has 0 bridgehead atoms. The second kappa shape index (κ2) is 9.52. The Kier molecular flexibility index (Phi) is 6.57. The predicted octanol–water partition coefficient (Wildman–Crippen LogP) is 3.13. The highest BCUT2D eigenvalue weighted by Crippen LogP contribution is 2.13. The standard InChI is InChI=1S/C21H26N6/c1-3-23-21(24-13-17(2)19-7-5-4-6-8-19)25-14-18-9-11-20(12-10-18)27-16-22-15-26-27/h4-12,15-17H,3,13-14H2,1-2H3,(H2,23,24,25). The fourth-order valence-electron chi connectivity index (χ4n) is 2.76. The Hall–Kier alpha value is -3.15. The van der Waals surface area contributed by atoms with Gasteiger partial charge in [-0.3, -0.25) is 0 Å². The Morgan fingerprint density at radius 2 is 1.85 bits per heavy atom. The number of aromatic nitrogens is 3. The molecule has 140 valence electrons. The van der Waals surface area contributed by atoms with Crippen LogP contribution in [0.5, 0.6) is 0 Å². The number of hydrogen-bond donors (Lipinski definition) is 2. The fourth-order valence-corrected chi connectivity index (χ4v) is 2.76. The van der Waals surface area contributed by atoms with Crippen LogP contribution in [0.2, 0.25) is 0 Å². The van der Waals surface area contributed by atoms with Crippen molar-refractivity contribution in [2.45, 2.75) is 26.3 Å². The molecule has 0 fully saturated rings. The van der Waals surface area contributed by atoms with Crippen molar-refractivity contribution in [1.29, 1.82) is 0 Å². The van der Waals surface area contributed by atoms with Gasteiger partial charge in [0.2, 0.25) is 0 Å². The van der Waals surface area contributed by atoms with Crippen molar-refractivity contribution in [3.05, 3.63) is 78.4 Å². The molecule has 0 amide bonds. The van der Waals surface area contributed by atoms with Gasteiger partial charge in [0.15, 0.2) is 5.96 Å². The maximum absolute atomic E-state index is 4.70. The van der Waals surface area contributed by atoms with E-state index in [9.17, 15) is 0 Å². The first kappa shape index (κ1) is 18.6. The fraction of sp³-hybridized carbons (Fsp3) is 0.286. The summed E-state index contributed by atoms with van der Waals surface area (Å²) in [6, 6.07) is 18.7. The molecule has 0 spiro atoms. The largest absolute Gasteiger partial charge is 0.357 e. The molecule has 2 aromatic carbocycles. The van der Waals surface area contributed by atoms with E-state index in [4.69, 9.17) is 4.99 Å². The summed E-state index contributed by atoms with van der Waals surface area (Å²) in [4.78, 5) is 8.67. The van der Waals surface area contributed by atoms with E-state index in [1.807, 2.05) is 18.2 Å². The molecule has 3 aromatic rings. The molecule has 6 nitrogen and oxygen atoms in total. The minimum absolute atomic E-state index is 0.414. The van der Waals surface area contributed by atoms with Crippen LogP contribution >= 0.6 is 0 Å². The lowest BCUT2D eigenvalue weighted by atomic mass is 10.0. The minimum atomic E-state index is 0.414. The summed E-state index contributed by atoms with van der Waals surface area (Å²) >= 11 is 0. The number of benzene rings is 2. The molecule has 3 rings (SSSR count). The molecule has 27 heavy (non-hydrogen) atoms. The van der Waals surface area contributed by atoms with Gasteiger partial charge in [-0.2, -0.15) is 5.10 Å². The van der Waals surface area contributed by atoms with Gasteiger partial charge in [-0.25, -0.2) is 14.7 Å². The van der Waals surface area contributed by atoms with Crippen molar-refractivity contribution in [3.8, 4) is 5.69 Å². The molecule has 0 aliphatic rings. The summed E-state index contributed by atoms with van der Waals surface area (Å²) in [5.74, 6) is 1.25. The summed E-state index contributed by atoms with van der Waals surface area (Å²) in [6.07, 6.45) is 3.22. The molecule has 6 heteroatoms. The van der Waals surface area contributed by atoms with Gasteiger partial charge in [-0.1, -0.05) is 49.4 Å². The van der Waals surface area contributed by atoms with E-state index < -0.39 is 0 Å². The molecule has 1 atom stereocenters. The Balaban J connectivity index is 1.58. The molecule has 0 saturated heterocycles. The molecule has 1 heterocycles. The molecule has 1 aromatic heterocycles. The lowest BCUT2D eigenvalue weighted by molar-refractivity contribution is 0.699. The summed E-state index contributed by atoms with van der Waals surface area (Å²) in [5, 5.41) is 10.9. The zero-order valence-corrected chi connectivity index (χ0v) is 15.8. The van der Waals surface area contributed by atoms with E-state index in [-0.39, 0.29) is 0 Å². The van der Waals surface area contributed by atoms with Crippen LogP contribution in [-0.2, 0) is 6.54 Å². The number of aliphatic imine (C=N–C) groups is 1. The smallest absolute Gasteiger partial charge is 0.191 e. The van der Waals surface area contributed by atoms with Crippen LogP contribution in [-0.4, -0.2) is 33.8 Å². The third kappa shape index (κ3) is 5.41. The monoisotopic (exact) mass is 362 g/mol. The highest BCUT2D eigenvalue weighted by molar-refractivity contribution is 5.79. The summed E-state index contributed by atoms with van der Waals surface area (Å²) in [6.45, 7) is 6.57. The highest BCUT2D eigenvalue weighted by atomic mass is 15.3. The third-order valence-electron chi connectivity index (χ3n) is 4.33. The number of rotatable bonds is 7. The molecule has 0 aliphatic carbocycles. The van der Waals surface area contributed by atoms with Gasteiger partial charge in [0.05, 0.1) is 12.2 Å². The first-order chi connectivity index (χ1) is 13.3. The van der Waals surface area contributed by atoms with Gasteiger partial charge in [0.25, 0.3) is 0 Å². The van der Waals surface area contributed by atoms with Crippen molar-refractivity contribution >= 4 is 5.96 Å². The second-order valence-electron chi connectivity index (χ2n) is 6.39. The summed E-state index contributed by atoms with van der Waals surface area (Å²) in [7, 11) is 0. The summed E-state index contributed by atoms with van der Waals surface area (Å²) < 4.78 is 1.74. The van der Waals surface area contributed by atoms with E-state index >= 15 is 0 Å². The Morgan fingerprint density at radius 1 is 1.07 bits per heavy atom. The molecular weight excluding hydrogens is 336 g/mol. The molecule has 1 unspecified atom stereocenters. The first-order valence-electron chi connectivity index (χ1n) is 9.27. The number of guanidine groups is 1. The first-order valence-corrected chi connectivity index (χ1v) is 9.27. The topological polar surface area (TPSA) is 67.1 Å².